The van der Waals surface area contributed by atoms with E-state index in [0.717, 1.165) is 48.1 Å². The minimum absolute atomic E-state index is 0.108. The first-order valence-electron chi connectivity index (χ1n) is 11.9. The molecular formula is C29H34FNO2. The van der Waals surface area contributed by atoms with Crippen molar-refractivity contribution in [2.45, 2.75) is 65.9 Å². The quantitative estimate of drug-likeness (QED) is 0.344. The molecule has 0 aliphatic heterocycles. The third-order valence-corrected chi connectivity index (χ3v) is 6.57. The zero-order chi connectivity index (χ0) is 23.4. The number of benzene rings is 2. The summed E-state index contributed by atoms with van der Waals surface area (Å²) < 4.78 is 26.2. The molecule has 3 nitrogen and oxygen atoms in total. The third-order valence-electron chi connectivity index (χ3n) is 6.57. The van der Waals surface area contributed by atoms with E-state index in [-0.39, 0.29) is 11.2 Å². The van der Waals surface area contributed by atoms with E-state index in [2.05, 4.69) is 50.0 Å². The predicted molar refractivity (Wildman–Crippen MR) is 131 cm³/mol. The van der Waals surface area contributed by atoms with Crippen molar-refractivity contribution in [1.29, 1.82) is 0 Å². The molecule has 0 amide bonds. The molecule has 1 heterocycles. The molecule has 0 bridgehead atoms. The fourth-order valence-electron chi connectivity index (χ4n) is 4.97. The number of methoxy groups -OCH3 is 1. The van der Waals surface area contributed by atoms with Crippen molar-refractivity contribution in [2.24, 2.45) is 5.41 Å². The Kier molecular flexibility index (Phi) is 7.02. The molecule has 0 spiro atoms. The maximum atomic E-state index is 14.8. The van der Waals surface area contributed by atoms with Crippen molar-refractivity contribution >= 4 is 0 Å². The third kappa shape index (κ3) is 5.55. The molecule has 0 radical (unpaired) electrons. The van der Waals surface area contributed by atoms with Gasteiger partial charge in [-0.25, -0.2) is 9.37 Å². The molecule has 1 aliphatic rings. The van der Waals surface area contributed by atoms with Crippen LogP contribution in [0.2, 0.25) is 0 Å². The van der Waals surface area contributed by atoms with Crippen molar-refractivity contribution in [3.8, 4) is 22.8 Å². The molecule has 0 saturated carbocycles. The first-order valence-corrected chi connectivity index (χ1v) is 11.9. The van der Waals surface area contributed by atoms with Gasteiger partial charge < -0.3 is 9.47 Å². The summed E-state index contributed by atoms with van der Waals surface area (Å²) in [6, 6.07) is 14.3. The first-order chi connectivity index (χ1) is 15.9. The Labute approximate surface area is 197 Å². The molecule has 174 valence electrons. The molecular weight excluding hydrogens is 413 g/mol. The van der Waals surface area contributed by atoms with Gasteiger partial charge in [0.25, 0.3) is 0 Å². The van der Waals surface area contributed by atoms with Gasteiger partial charge in [0.05, 0.1) is 13.3 Å². The minimum Gasteiger partial charge on any atom is -0.489 e. The second-order valence-corrected chi connectivity index (χ2v) is 9.86. The molecule has 0 N–H and O–H groups in total. The maximum Gasteiger partial charge on any atom is 0.213 e. The lowest BCUT2D eigenvalue weighted by Crippen LogP contribution is -2.15. The highest BCUT2D eigenvalue weighted by Crippen LogP contribution is 2.35. The van der Waals surface area contributed by atoms with Crippen molar-refractivity contribution in [3.63, 3.8) is 0 Å². The van der Waals surface area contributed by atoms with E-state index in [1.54, 1.807) is 13.2 Å². The van der Waals surface area contributed by atoms with Crippen molar-refractivity contribution in [2.75, 3.05) is 7.11 Å². The van der Waals surface area contributed by atoms with Gasteiger partial charge in [0.15, 0.2) is 0 Å². The van der Waals surface area contributed by atoms with Crippen molar-refractivity contribution < 1.29 is 13.9 Å². The van der Waals surface area contributed by atoms with Gasteiger partial charge in [-0.1, -0.05) is 51.5 Å². The fourth-order valence-corrected chi connectivity index (χ4v) is 4.97. The van der Waals surface area contributed by atoms with E-state index in [4.69, 9.17) is 9.47 Å². The Balaban J connectivity index is 1.63. The van der Waals surface area contributed by atoms with Gasteiger partial charge in [0.2, 0.25) is 5.88 Å². The molecule has 0 atom stereocenters. The molecule has 4 heteroatoms. The van der Waals surface area contributed by atoms with Crippen LogP contribution in [0.15, 0.2) is 48.7 Å². The van der Waals surface area contributed by atoms with E-state index >= 15 is 0 Å². The number of aromatic nitrogens is 1. The number of fused-ring (bicyclic) bond motifs is 1. The Hall–Kier alpha value is -2.88. The van der Waals surface area contributed by atoms with Gasteiger partial charge >= 0.3 is 0 Å². The summed E-state index contributed by atoms with van der Waals surface area (Å²) in [5.74, 6) is 0.985. The number of ether oxygens (including phenoxy) is 2. The molecule has 0 unspecified atom stereocenters. The number of hydrogen-bond acceptors (Lipinski definition) is 3. The first kappa shape index (κ1) is 23.3. The number of pyridine rings is 1. The van der Waals surface area contributed by atoms with Gasteiger partial charge in [-0.2, -0.15) is 0 Å². The van der Waals surface area contributed by atoms with Crippen LogP contribution >= 0.6 is 0 Å². The molecule has 1 aromatic heterocycles. The van der Waals surface area contributed by atoms with E-state index in [0.29, 0.717) is 18.1 Å². The standard InChI is InChI=1S/C29H34FNO2/c1-5-13-29(2,3)17-23-14-20(19-33-24-11-10-21-7-6-8-22(21)15-24)9-12-25(23)26-16-28(32-4)31-18-27(26)30/h9-12,14-16,18H,5-8,13,17,19H2,1-4H3. The van der Waals surface area contributed by atoms with E-state index in [1.165, 1.54) is 30.2 Å². The zero-order valence-corrected chi connectivity index (χ0v) is 20.2. The lowest BCUT2D eigenvalue weighted by molar-refractivity contribution is 0.305. The smallest absolute Gasteiger partial charge is 0.213 e. The zero-order valence-electron chi connectivity index (χ0n) is 20.2. The van der Waals surface area contributed by atoms with Crippen LogP contribution in [-0.4, -0.2) is 12.1 Å². The summed E-state index contributed by atoms with van der Waals surface area (Å²) in [4.78, 5) is 4.00. The molecule has 3 aromatic rings. The van der Waals surface area contributed by atoms with Gasteiger partial charge in [-0.3, -0.25) is 0 Å². The second kappa shape index (κ2) is 9.94. The number of halogens is 1. The Morgan fingerprint density at radius 2 is 1.82 bits per heavy atom. The Bertz CT molecular complexity index is 1120. The molecule has 0 saturated heterocycles. The Morgan fingerprint density at radius 3 is 2.61 bits per heavy atom. The second-order valence-electron chi connectivity index (χ2n) is 9.86. The lowest BCUT2D eigenvalue weighted by atomic mass is 9.79. The summed E-state index contributed by atoms with van der Waals surface area (Å²) in [5, 5.41) is 0. The highest BCUT2D eigenvalue weighted by atomic mass is 19.1. The maximum absolute atomic E-state index is 14.8. The minimum atomic E-state index is -0.340. The predicted octanol–water partition coefficient (Wildman–Crippen LogP) is 7.33. The highest BCUT2D eigenvalue weighted by Gasteiger charge is 2.21. The monoisotopic (exact) mass is 447 g/mol. The van der Waals surface area contributed by atoms with Crippen LogP contribution in [0.4, 0.5) is 4.39 Å². The van der Waals surface area contributed by atoms with Crippen LogP contribution in [0.25, 0.3) is 11.1 Å². The number of nitrogens with zero attached hydrogens (tertiary/aromatic N) is 1. The van der Waals surface area contributed by atoms with Crippen LogP contribution in [0.1, 0.15) is 62.3 Å². The average molecular weight is 448 g/mol. The molecule has 1 aliphatic carbocycles. The van der Waals surface area contributed by atoms with E-state index < -0.39 is 0 Å². The van der Waals surface area contributed by atoms with Crippen LogP contribution in [-0.2, 0) is 25.9 Å². The molecule has 4 rings (SSSR count). The number of aryl methyl sites for hydroxylation is 2. The average Bonchev–Trinajstić information content (AvgIpc) is 3.26. The van der Waals surface area contributed by atoms with Crippen LogP contribution in [0.3, 0.4) is 0 Å². The SMILES string of the molecule is CCCC(C)(C)Cc1cc(COc2ccc3c(c2)CCC3)ccc1-c1cc(OC)ncc1F. The Morgan fingerprint density at radius 1 is 1.00 bits per heavy atom. The molecule has 0 fully saturated rings. The van der Waals surface area contributed by atoms with Gasteiger partial charge in [0, 0.05) is 11.6 Å². The lowest BCUT2D eigenvalue weighted by Gasteiger charge is -2.26. The van der Waals surface area contributed by atoms with Gasteiger partial charge in [-0.15, -0.1) is 0 Å². The number of rotatable bonds is 9. The van der Waals surface area contributed by atoms with Crippen molar-refractivity contribution in [3.05, 3.63) is 76.7 Å². The van der Waals surface area contributed by atoms with Crippen LogP contribution in [0, 0.1) is 11.2 Å². The van der Waals surface area contributed by atoms with Gasteiger partial charge in [0.1, 0.15) is 18.2 Å². The van der Waals surface area contributed by atoms with E-state index in [1.807, 2.05) is 12.1 Å². The van der Waals surface area contributed by atoms with Crippen LogP contribution in [0.5, 0.6) is 11.6 Å². The summed E-state index contributed by atoms with van der Waals surface area (Å²) in [7, 11) is 1.55. The topological polar surface area (TPSA) is 31.4 Å². The van der Waals surface area contributed by atoms with Gasteiger partial charge in [-0.05, 0) is 77.5 Å². The summed E-state index contributed by atoms with van der Waals surface area (Å²) in [6.45, 7) is 7.24. The van der Waals surface area contributed by atoms with E-state index in [9.17, 15) is 4.39 Å². The highest BCUT2D eigenvalue weighted by molar-refractivity contribution is 5.69. The normalized spacial score (nSPS) is 13.1. The molecule has 2 aromatic carbocycles. The largest absolute Gasteiger partial charge is 0.489 e. The fraction of sp³-hybridized carbons (Fsp3) is 0.414. The summed E-state index contributed by atoms with van der Waals surface area (Å²) in [6.07, 6.45) is 7.84. The summed E-state index contributed by atoms with van der Waals surface area (Å²) >= 11 is 0. The summed E-state index contributed by atoms with van der Waals surface area (Å²) in [5.41, 5.74) is 6.58. The number of hydrogen-bond donors (Lipinski definition) is 0. The van der Waals surface area contributed by atoms with Crippen molar-refractivity contribution in [1.82, 2.24) is 4.98 Å². The molecule has 33 heavy (non-hydrogen) atoms. The van der Waals surface area contributed by atoms with Crippen LogP contribution < -0.4 is 9.47 Å².